The van der Waals surface area contributed by atoms with Crippen molar-refractivity contribution < 1.29 is 14.3 Å². The fourth-order valence-electron chi connectivity index (χ4n) is 2.02. The number of carbonyl (C=O) groups excluding carboxylic acids is 2. The van der Waals surface area contributed by atoms with Crippen LogP contribution in [0.25, 0.3) is 0 Å². The molecule has 0 bridgehead atoms. The van der Waals surface area contributed by atoms with Crippen LogP contribution in [0.15, 0.2) is 54.6 Å². The van der Waals surface area contributed by atoms with Gasteiger partial charge in [-0.05, 0) is 36.8 Å². The smallest absolute Gasteiger partial charge is 0.258 e. The molecule has 126 valence electrons. The Hall–Kier alpha value is -2.53. The van der Waals surface area contributed by atoms with Crippen molar-refractivity contribution in [2.75, 3.05) is 13.2 Å². The van der Waals surface area contributed by atoms with Gasteiger partial charge in [-0.15, -0.1) is 0 Å². The first kappa shape index (κ1) is 17.8. The first-order chi connectivity index (χ1) is 11.5. The molecule has 1 atom stereocenters. The Kier molecular flexibility index (Phi) is 6.63. The summed E-state index contributed by atoms with van der Waals surface area (Å²) in [6.07, 6.45) is 0. The molecular formula is C18H19ClN2O3. The number of carbonyl (C=O) groups is 2. The second kappa shape index (κ2) is 8.93. The number of hydrogen-bond acceptors (Lipinski definition) is 3. The molecule has 2 amide bonds. The molecule has 0 radical (unpaired) electrons. The Labute approximate surface area is 146 Å². The lowest BCUT2D eigenvalue weighted by Crippen LogP contribution is -2.39. The van der Waals surface area contributed by atoms with Crippen LogP contribution in [0.4, 0.5) is 0 Å². The van der Waals surface area contributed by atoms with Gasteiger partial charge in [0, 0.05) is 5.02 Å². The van der Waals surface area contributed by atoms with Gasteiger partial charge in [-0.25, -0.2) is 0 Å². The van der Waals surface area contributed by atoms with Gasteiger partial charge in [0.2, 0.25) is 5.91 Å². The minimum Gasteiger partial charge on any atom is -0.484 e. The largest absolute Gasteiger partial charge is 0.484 e. The molecule has 0 unspecified atom stereocenters. The number of halogens is 1. The zero-order chi connectivity index (χ0) is 17.4. The van der Waals surface area contributed by atoms with Gasteiger partial charge in [-0.2, -0.15) is 0 Å². The molecule has 2 aromatic rings. The fraction of sp³-hybridized carbons (Fsp3) is 0.222. The van der Waals surface area contributed by atoms with E-state index in [1.807, 2.05) is 37.3 Å². The highest BCUT2D eigenvalue weighted by molar-refractivity contribution is 6.30. The zero-order valence-electron chi connectivity index (χ0n) is 13.3. The lowest BCUT2D eigenvalue weighted by Gasteiger charge is -2.15. The van der Waals surface area contributed by atoms with E-state index in [0.717, 1.165) is 5.56 Å². The number of para-hydroxylation sites is 1. The van der Waals surface area contributed by atoms with Crippen LogP contribution in [0.1, 0.15) is 18.5 Å². The number of hydrogen-bond donors (Lipinski definition) is 2. The Morgan fingerprint density at radius 2 is 1.71 bits per heavy atom. The molecule has 2 aromatic carbocycles. The summed E-state index contributed by atoms with van der Waals surface area (Å²) in [6.45, 7) is 1.63. The minimum absolute atomic E-state index is 0.102. The van der Waals surface area contributed by atoms with E-state index in [9.17, 15) is 9.59 Å². The third-order valence-electron chi connectivity index (χ3n) is 3.31. The number of rotatable bonds is 7. The van der Waals surface area contributed by atoms with Crippen molar-refractivity contribution in [3.8, 4) is 5.75 Å². The molecule has 24 heavy (non-hydrogen) atoms. The average Bonchev–Trinajstić information content (AvgIpc) is 2.59. The molecule has 0 spiro atoms. The van der Waals surface area contributed by atoms with Crippen LogP contribution in [0.3, 0.4) is 0 Å². The monoisotopic (exact) mass is 346 g/mol. The van der Waals surface area contributed by atoms with Crippen molar-refractivity contribution in [1.82, 2.24) is 10.6 Å². The van der Waals surface area contributed by atoms with Crippen molar-refractivity contribution in [3.63, 3.8) is 0 Å². The van der Waals surface area contributed by atoms with Gasteiger partial charge in [-0.1, -0.05) is 41.9 Å². The van der Waals surface area contributed by atoms with Gasteiger partial charge >= 0.3 is 0 Å². The molecule has 2 N–H and O–H groups in total. The van der Waals surface area contributed by atoms with Crippen LogP contribution in [0.5, 0.6) is 5.75 Å². The van der Waals surface area contributed by atoms with Gasteiger partial charge in [-0.3, -0.25) is 9.59 Å². The molecule has 0 fully saturated rings. The van der Waals surface area contributed by atoms with Crippen LogP contribution < -0.4 is 15.4 Å². The van der Waals surface area contributed by atoms with Crippen LogP contribution in [-0.4, -0.2) is 25.0 Å². The summed E-state index contributed by atoms with van der Waals surface area (Å²) in [5.74, 6) is -0.0212. The van der Waals surface area contributed by atoms with Gasteiger partial charge < -0.3 is 15.4 Å². The lowest BCUT2D eigenvalue weighted by molar-refractivity contribution is -0.127. The van der Waals surface area contributed by atoms with Crippen LogP contribution in [-0.2, 0) is 9.59 Å². The number of ether oxygens (including phenoxy) is 1. The first-order valence-electron chi connectivity index (χ1n) is 7.54. The van der Waals surface area contributed by atoms with E-state index in [4.69, 9.17) is 16.3 Å². The second-order valence-corrected chi connectivity index (χ2v) is 5.66. The Morgan fingerprint density at radius 3 is 2.38 bits per heavy atom. The number of amides is 2. The maximum Gasteiger partial charge on any atom is 0.258 e. The van der Waals surface area contributed by atoms with Crippen molar-refractivity contribution in [1.29, 1.82) is 0 Å². The third kappa shape index (κ3) is 5.93. The minimum atomic E-state index is -0.354. The van der Waals surface area contributed by atoms with Crippen molar-refractivity contribution in [3.05, 3.63) is 65.2 Å². The summed E-state index contributed by atoms with van der Waals surface area (Å²) < 4.78 is 5.31. The van der Waals surface area contributed by atoms with Crippen LogP contribution in [0, 0.1) is 0 Å². The zero-order valence-corrected chi connectivity index (χ0v) is 14.0. The van der Waals surface area contributed by atoms with E-state index in [-0.39, 0.29) is 31.0 Å². The predicted octanol–water partition coefficient (Wildman–Crippen LogP) is 2.71. The molecule has 0 saturated carbocycles. The van der Waals surface area contributed by atoms with Gasteiger partial charge in [0.25, 0.3) is 5.91 Å². The fourth-order valence-corrected chi connectivity index (χ4v) is 2.15. The summed E-state index contributed by atoms with van der Waals surface area (Å²) in [5, 5.41) is 5.97. The maximum absolute atomic E-state index is 11.9. The molecule has 0 saturated heterocycles. The lowest BCUT2D eigenvalue weighted by atomic mass is 10.1. The molecule has 0 aromatic heterocycles. The van der Waals surface area contributed by atoms with Gasteiger partial charge in [0.15, 0.2) is 6.61 Å². The van der Waals surface area contributed by atoms with Crippen molar-refractivity contribution >= 4 is 23.4 Å². The third-order valence-corrected chi connectivity index (χ3v) is 3.56. The Morgan fingerprint density at radius 1 is 1.04 bits per heavy atom. The summed E-state index contributed by atoms with van der Waals surface area (Å²) in [5.41, 5.74) is 0.937. The summed E-state index contributed by atoms with van der Waals surface area (Å²) in [6, 6.07) is 16.1. The second-order valence-electron chi connectivity index (χ2n) is 5.22. The van der Waals surface area contributed by atoms with Gasteiger partial charge in [0.1, 0.15) is 5.75 Å². The topological polar surface area (TPSA) is 67.4 Å². The normalized spacial score (nSPS) is 11.4. The molecular weight excluding hydrogens is 328 g/mol. The highest BCUT2D eigenvalue weighted by Gasteiger charge is 2.11. The van der Waals surface area contributed by atoms with Crippen molar-refractivity contribution in [2.45, 2.75) is 13.0 Å². The summed E-state index contributed by atoms with van der Waals surface area (Å²) >= 11 is 5.83. The Balaban J connectivity index is 1.70. The molecule has 6 heteroatoms. The average molecular weight is 347 g/mol. The van der Waals surface area contributed by atoms with Crippen molar-refractivity contribution in [2.24, 2.45) is 0 Å². The quantitative estimate of drug-likeness (QED) is 0.810. The number of benzene rings is 2. The molecule has 0 aliphatic rings. The van der Waals surface area contributed by atoms with E-state index in [1.54, 1.807) is 24.3 Å². The van der Waals surface area contributed by atoms with E-state index < -0.39 is 0 Å². The highest BCUT2D eigenvalue weighted by atomic mass is 35.5. The molecule has 0 heterocycles. The van der Waals surface area contributed by atoms with Crippen LogP contribution >= 0.6 is 11.6 Å². The maximum atomic E-state index is 11.9. The van der Waals surface area contributed by atoms with E-state index >= 15 is 0 Å². The molecule has 0 aliphatic carbocycles. The van der Waals surface area contributed by atoms with Crippen LogP contribution in [0.2, 0.25) is 5.02 Å². The molecule has 5 nitrogen and oxygen atoms in total. The molecule has 2 rings (SSSR count). The first-order valence-corrected chi connectivity index (χ1v) is 7.92. The number of nitrogens with one attached hydrogen (secondary N) is 2. The predicted molar refractivity (Wildman–Crippen MR) is 93.0 cm³/mol. The van der Waals surface area contributed by atoms with E-state index in [2.05, 4.69) is 10.6 Å². The Bertz CT molecular complexity index is 674. The van der Waals surface area contributed by atoms with Gasteiger partial charge in [0.05, 0.1) is 12.6 Å². The summed E-state index contributed by atoms with van der Waals surface area (Å²) in [7, 11) is 0. The SMILES string of the molecule is C[C@@H](NC(=O)CNC(=O)COc1ccccc1)c1ccc(Cl)cc1. The highest BCUT2D eigenvalue weighted by Crippen LogP contribution is 2.15. The molecule has 0 aliphatic heterocycles. The summed E-state index contributed by atoms with van der Waals surface area (Å²) in [4.78, 5) is 23.6. The van der Waals surface area contributed by atoms with E-state index in [1.165, 1.54) is 0 Å². The standard InChI is InChI=1S/C18H19ClN2O3/c1-13(14-7-9-15(19)10-8-14)21-17(22)11-20-18(23)12-24-16-5-3-2-4-6-16/h2-10,13H,11-12H2,1H3,(H,20,23)(H,21,22)/t13-/m1/s1. The van der Waals surface area contributed by atoms with E-state index in [0.29, 0.717) is 10.8 Å².